The second kappa shape index (κ2) is 69.0. The first-order valence-electron chi connectivity index (χ1n) is 34.2. The van der Waals surface area contributed by atoms with Gasteiger partial charge in [-0.05, 0) is 116 Å². The standard InChI is InChI=1S/C76H126O6/c1-4-7-10-13-16-19-22-25-28-30-32-34-35-36-37-38-39-40-41-42-44-45-48-51-54-57-60-63-66-69-75(78)81-72-73(71-80-74(77)68-65-62-59-56-53-50-47-27-24-21-18-15-12-9-6-3)82-76(79)70-67-64-61-58-55-52-49-46-43-33-31-29-26-23-20-17-14-11-8-5-2/h7,9-10,12,16,18-19,21,25,27-28,32,34,36-37,39-40,42,44,47-48,51,73H,4-6,8,11,13-15,17,20,22-24,26,29-31,33,35,38,41,43,45-46,49-50,52-72H2,1-3H3/b10-7-,12-9-,19-16-,21-18-,28-25-,34-32-,37-36-,40-39-,44-42-,47-27-,51-48-. The minimum absolute atomic E-state index is 0.0964. The minimum atomic E-state index is -0.801. The summed E-state index contributed by atoms with van der Waals surface area (Å²) in [6.07, 6.45) is 97.5. The van der Waals surface area contributed by atoms with Gasteiger partial charge in [-0.25, -0.2) is 0 Å². The van der Waals surface area contributed by atoms with Crippen LogP contribution in [0.3, 0.4) is 0 Å². The van der Waals surface area contributed by atoms with Crippen molar-refractivity contribution in [2.45, 2.75) is 316 Å². The maximum Gasteiger partial charge on any atom is 0.306 e. The summed E-state index contributed by atoms with van der Waals surface area (Å²) < 4.78 is 16.9. The molecule has 0 rings (SSSR count). The largest absolute Gasteiger partial charge is 0.462 e. The van der Waals surface area contributed by atoms with Crippen LogP contribution < -0.4 is 0 Å². The van der Waals surface area contributed by atoms with Crippen molar-refractivity contribution in [2.75, 3.05) is 13.2 Å². The van der Waals surface area contributed by atoms with Crippen LogP contribution in [0.15, 0.2) is 134 Å². The van der Waals surface area contributed by atoms with Crippen LogP contribution in [-0.2, 0) is 28.6 Å². The molecule has 0 saturated heterocycles. The van der Waals surface area contributed by atoms with E-state index in [-0.39, 0.29) is 31.1 Å². The molecule has 0 N–H and O–H groups in total. The Morgan fingerprint density at radius 3 is 0.744 bits per heavy atom. The molecule has 0 amide bonds. The number of hydrogen-bond acceptors (Lipinski definition) is 6. The highest BCUT2D eigenvalue weighted by molar-refractivity contribution is 5.71. The van der Waals surface area contributed by atoms with Crippen LogP contribution in [0.2, 0.25) is 0 Å². The molecule has 1 unspecified atom stereocenters. The summed E-state index contributed by atoms with van der Waals surface area (Å²) in [4.78, 5) is 38.4. The van der Waals surface area contributed by atoms with E-state index in [2.05, 4.69) is 154 Å². The molecule has 6 nitrogen and oxygen atoms in total. The topological polar surface area (TPSA) is 78.9 Å². The molecule has 0 aromatic rings. The third-order valence-corrected chi connectivity index (χ3v) is 14.4. The zero-order chi connectivity index (χ0) is 59.2. The SMILES string of the molecule is CC/C=C\C/C=C\C/C=C\C/C=C\C/C=C\C/C=C\C/C=C\C/C=C\CCCCCCC(=O)OCC(COC(=O)CCCCCCC/C=C\C/C=C\C/C=C\CC)OC(=O)CCCCCCCCCCCCCCCCCCCCCC. The fourth-order valence-corrected chi connectivity index (χ4v) is 9.36. The lowest BCUT2D eigenvalue weighted by Crippen LogP contribution is -2.30. The normalized spacial score (nSPS) is 13.0. The second-order valence-electron chi connectivity index (χ2n) is 22.3. The molecule has 466 valence electrons. The van der Waals surface area contributed by atoms with Gasteiger partial charge >= 0.3 is 17.9 Å². The molecule has 1 atom stereocenters. The lowest BCUT2D eigenvalue weighted by molar-refractivity contribution is -0.167. The molecule has 0 aromatic carbocycles. The maximum absolute atomic E-state index is 12.9. The molecular weight excluding hydrogens is 1010 g/mol. The lowest BCUT2D eigenvalue weighted by atomic mass is 10.0. The van der Waals surface area contributed by atoms with Gasteiger partial charge in [-0.2, -0.15) is 0 Å². The van der Waals surface area contributed by atoms with Gasteiger partial charge in [0.2, 0.25) is 0 Å². The predicted molar refractivity (Wildman–Crippen MR) is 357 cm³/mol. The Balaban J connectivity index is 4.41. The van der Waals surface area contributed by atoms with Crippen molar-refractivity contribution >= 4 is 17.9 Å². The van der Waals surface area contributed by atoms with Crippen LogP contribution in [0.1, 0.15) is 310 Å². The van der Waals surface area contributed by atoms with Crippen LogP contribution in [-0.4, -0.2) is 37.2 Å². The smallest absolute Gasteiger partial charge is 0.306 e. The van der Waals surface area contributed by atoms with E-state index in [1.165, 1.54) is 109 Å². The Labute approximate surface area is 506 Å². The van der Waals surface area contributed by atoms with Gasteiger partial charge in [0.25, 0.3) is 0 Å². The number of rotatable bonds is 61. The fourth-order valence-electron chi connectivity index (χ4n) is 9.36. The Bertz CT molecular complexity index is 1730. The number of ether oxygens (including phenoxy) is 3. The zero-order valence-corrected chi connectivity index (χ0v) is 53.5. The molecule has 0 aliphatic heterocycles. The maximum atomic E-state index is 12.9. The monoisotopic (exact) mass is 1130 g/mol. The highest BCUT2D eigenvalue weighted by atomic mass is 16.6. The number of hydrogen-bond donors (Lipinski definition) is 0. The average Bonchev–Trinajstić information content (AvgIpc) is 3.47. The van der Waals surface area contributed by atoms with E-state index in [1.54, 1.807) is 0 Å². The van der Waals surface area contributed by atoms with Crippen LogP contribution >= 0.6 is 0 Å². The van der Waals surface area contributed by atoms with E-state index in [1.807, 2.05) is 0 Å². The van der Waals surface area contributed by atoms with Gasteiger partial charge in [-0.1, -0.05) is 309 Å². The third-order valence-electron chi connectivity index (χ3n) is 14.4. The summed E-state index contributed by atoms with van der Waals surface area (Å²) >= 11 is 0. The molecule has 0 radical (unpaired) electrons. The summed E-state index contributed by atoms with van der Waals surface area (Å²) in [5, 5.41) is 0. The number of carbonyl (C=O) groups excluding carboxylic acids is 3. The first-order valence-corrected chi connectivity index (χ1v) is 34.2. The molecule has 82 heavy (non-hydrogen) atoms. The van der Waals surface area contributed by atoms with Crippen LogP contribution in [0.5, 0.6) is 0 Å². The van der Waals surface area contributed by atoms with Crippen molar-refractivity contribution in [1.29, 1.82) is 0 Å². The minimum Gasteiger partial charge on any atom is -0.462 e. The zero-order valence-electron chi connectivity index (χ0n) is 53.5. The van der Waals surface area contributed by atoms with Crippen molar-refractivity contribution < 1.29 is 28.6 Å². The van der Waals surface area contributed by atoms with Gasteiger partial charge in [-0.3, -0.25) is 14.4 Å². The summed E-state index contributed by atoms with van der Waals surface area (Å²) in [5.41, 5.74) is 0. The molecule has 0 spiro atoms. The van der Waals surface area contributed by atoms with E-state index in [9.17, 15) is 14.4 Å². The Morgan fingerprint density at radius 2 is 0.476 bits per heavy atom. The summed E-state index contributed by atoms with van der Waals surface area (Å²) in [6, 6.07) is 0. The average molecular weight is 1140 g/mol. The van der Waals surface area contributed by atoms with Gasteiger partial charge in [0.1, 0.15) is 13.2 Å². The number of esters is 3. The van der Waals surface area contributed by atoms with Gasteiger partial charge < -0.3 is 14.2 Å². The summed E-state index contributed by atoms with van der Waals surface area (Å²) in [6.45, 7) is 6.41. The quantitative estimate of drug-likeness (QED) is 0.0261. The summed E-state index contributed by atoms with van der Waals surface area (Å²) in [7, 11) is 0. The molecule has 6 heteroatoms. The van der Waals surface area contributed by atoms with Gasteiger partial charge in [0, 0.05) is 19.3 Å². The molecule has 0 aliphatic carbocycles. The number of carbonyl (C=O) groups is 3. The number of allylic oxidation sites excluding steroid dienone is 22. The first-order chi connectivity index (χ1) is 40.5. The number of unbranched alkanes of at least 4 members (excludes halogenated alkanes) is 28. The first kappa shape index (κ1) is 77.5. The van der Waals surface area contributed by atoms with E-state index in [0.29, 0.717) is 19.3 Å². The Hall–Kier alpha value is -4.45. The van der Waals surface area contributed by atoms with Gasteiger partial charge in [0.15, 0.2) is 6.10 Å². The predicted octanol–water partition coefficient (Wildman–Crippen LogP) is 23.7. The Morgan fingerprint density at radius 1 is 0.256 bits per heavy atom. The molecule has 0 heterocycles. The molecule has 0 aromatic heterocycles. The fraction of sp³-hybridized carbons (Fsp3) is 0.671. The lowest BCUT2D eigenvalue weighted by Gasteiger charge is -2.18. The second-order valence-corrected chi connectivity index (χ2v) is 22.3. The van der Waals surface area contributed by atoms with Crippen molar-refractivity contribution in [1.82, 2.24) is 0 Å². The van der Waals surface area contributed by atoms with Crippen LogP contribution in [0.4, 0.5) is 0 Å². The third kappa shape index (κ3) is 66.4. The van der Waals surface area contributed by atoms with E-state index >= 15 is 0 Å². The molecular formula is C76H126O6. The van der Waals surface area contributed by atoms with E-state index in [0.717, 1.165) is 161 Å². The molecule has 0 bridgehead atoms. The van der Waals surface area contributed by atoms with Crippen LogP contribution in [0, 0.1) is 0 Å². The molecule has 0 fully saturated rings. The molecule has 0 aliphatic rings. The van der Waals surface area contributed by atoms with Gasteiger partial charge in [-0.15, -0.1) is 0 Å². The summed E-state index contributed by atoms with van der Waals surface area (Å²) in [5.74, 6) is -0.928. The highest BCUT2D eigenvalue weighted by Crippen LogP contribution is 2.17. The van der Waals surface area contributed by atoms with E-state index in [4.69, 9.17) is 14.2 Å². The Kier molecular flexibility index (Phi) is 65.3. The van der Waals surface area contributed by atoms with Crippen LogP contribution in [0.25, 0.3) is 0 Å². The van der Waals surface area contributed by atoms with E-state index < -0.39 is 6.10 Å². The molecule has 0 saturated carbocycles. The van der Waals surface area contributed by atoms with Crippen molar-refractivity contribution in [3.63, 3.8) is 0 Å². The van der Waals surface area contributed by atoms with Crippen molar-refractivity contribution in [2.24, 2.45) is 0 Å². The van der Waals surface area contributed by atoms with Crippen molar-refractivity contribution in [3.05, 3.63) is 134 Å². The van der Waals surface area contributed by atoms with Crippen molar-refractivity contribution in [3.8, 4) is 0 Å². The van der Waals surface area contributed by atoms with Gasteiger partial charge in [0.05, 0.1) is 0 Å². The highest BCUT2D eigenvalue weighted by Gasteiger charge is 2.19.